The number of unbranched alkanes of at least 4 members (excludes halogenated alkanes) is 3. The van der Waals surface area contributed by atoms with Gasteiger partial charge in [-0.3, -0.25) is 0 Å². The summed E-state index contributed by atoms with van der Waals surface area (Å²) in [6.07, 6.45) is 6.35. The van der Waals surface area contributed by atoms with Crippen LogP contribution in [0.4, 0.5) is 0 Å². The first-order valence-corrected chi connectivity index (χ1v) is 8.57. The Morgan fingerprint density at radius 3 is 2.84 bits per heavy atom. The summed E-state index contributed by atoms with van der Waals surface area (Å²) in [7, 11) is 0. The monoisotopic (exact) mass is 296 g/mol. The van der Waals surface area contributed by atoms with Crippen LogP contribution in [0.2, 0.25) is 0 Å². The number of carbonyl (C=O) groups is 1. The number of hydrogen-bond acceptors (Lipinski definition) is 3. The zero-order chi connectivity index (χ0) is 13.8. The van der Waals surface area contributed by atoms with E-state index in [1.165, 1.54) is 53.7 Å². The number of aromatic carboxylic acids is 1. The minimum absolute atomic E-state index is 0.460. The average molecular weight is 296 g/mol. The predicted molar refractivity (Wildman–Crippen MR) is 83.8 cm³/mol. The van der Waals surface area contributed by atoms with Gasteiger partial charge in [-0.25, -0.2) is 4.79 Å². The minimum Gasteiger partial charge on any atom is -0.477 e. The van der Waals surface area contributed by atoms with Crippen molar-refractivity contribution in [1.82, 2.24) is 0 Å². The number of rotatable bonds is 7. The van der Waals surface area contributed by atoms with Crippen molar-refractivity contribution in [2.45, 2.75) is 51.9 Å². The number of fused-ring (bicyclic) bond motifs is 1. The molecule has 1 atom stereocenters. The lowest BCUT2D eigenvalue weighted by atomic mass is 9.97. The molecule has 0 amide bonds. The summed E-state index contributed by atoms with van der Waals surface area (Å²) in [4.78, 5) is 11.5. The molecule has 2 aromatic heterocycles. The molecule has 0 spiro atoms. The minimum atomic E-state index is -0.810. The van der Waals surface area contributed by atoms with Crippen LogP contribution in [0.3, 0.4) is 0 Å². The average Bonchev–Trinajstić information content (AvgIpc) is 2.93. The second kappa shape index (κ2) is 6.53. The maximum absolute atomic E-state index is 11.0. The Labute approximate surface area is 122 Å². The quantitative estimate of drug-likeness (QED) is 0.662. The van der Waals surface area contributed by atoms with Crippen LogP contribution in [-0.2, 0) is 0 Å². The highest BCUT2D eigenvalue weighted by atomic mass is 32.1. The van der Waals surface area contributed by atoms with Gasteiger partial charge in [-0.05, 0) is 29.3 Å². The number of carboxylic acids is 1. The van der Waals surface area contributed by atoms with E-state index < -0.39 is 5.97 Å². The van der Waals surface area contributed by atoms with Gasteiger partial charge in [0.2, 0.25) is 0 Å². The molecular weight excluding hydrogens is 276 g/mol. The number of thiophene rings is 2. The summed E-state index contributed by atoms with van der Waals surface area (Å²) in [5.74, 6) is -0.277. The molecule has 0 aliphatic heterocycles. The van der Waals surface area contributed by atoms with Crippen molar-refractivity contribution in [1.29, 1.82) is 0 Å². The SMILES string of the molecule is CCCCCCC(C)c1csc2cc(C(=O)O)sc12. The highest BCUT2D eigenvalue weighted by Gasteiger charge is 2.16. The van der Waals surface area contributed by atoms with Crippen LogP contribution in [-0.4, -0.2) is 11.1 Å². The molecule has 4 heteroatoms. The van der Waals surface area contributed by atoms with E-state index in [9.17, 15) is 4.79 Å². The first-order valence-electron chi connectivity index (χ1n) is 6.87. The van der Waals surface area contributed by atoms with Crippen LogP contribution in [0.25, 0.3) is 9.40 Å². The summed E-state index contributed by atoms with van der Waals surface area (Å²) >= 11 is 3.09. The van der Waals surface area contributed by atoms with E-state index in [4.69, 9.17) is 5.11 Å². The molecule has 0 radical (unpaired) electrons. The molecule has 2 heterocycles. The van der Waals surface area contributed by atoms with E-state index in [1.54, 1.807) is 17.4 Å². The summed E-state index contributed by atoms with van der Waals surface area (Å²) in [5, 5.41) is 11.3. The number of carboxylic acid groups (broad SMARTS) is 1. The Kier molecular flexibility index (Phi) is 4.99. The first-order chi connectivity index (χ1) is 9.13. The van der Waals surface area contributed by atoms with E-state index in [2.05, 4.69) is 19.2 Å². The molecule has 0 aliphatic rings. The molecule has 0 saturated carbocycles. The van der Waals surface area contributed by atoms with Crippen LogP contribution >= 0.6 is 22.7 Å². The zero-order valence-corrected chi connectivity index (χ0v) is 13.1. The van der Waals surface area contributed by atoms with Crippen molar-refractivity contribution < 1.29 is 9.90 Å². The zero-order valence-electron chi connectivity index (χ0n) is 11.4. The van der Waals surface area contributed by atoms with Crippen LogP contribution in [0.1, 0.15) is 67.1 Å². The molecule has 104 valence electrons. The van der Waals surface area contributed by atoms with Crippen LogP contribution in [0.5, 0.6) is 0 Å². The fraction of sp³-hybridized carbons (Fsp3) is 0.533. The molecule has 0 saturated heterocycles. The molecule has 19 heavy (non-hydrogen) atoms. The van der Waals surface area contributed by atoms with Gasteiger partial charge in [-0.15, -0.1) is 22.7 Å². The molecule has 1 N–H and O–H groups in total. The topological polar surface area (TPSA) is 37.3 Å². The first kappa shape index (κ1) is 14.5. The van der Waals surface area contributed by atoms with Crippen molar-refractivity contribution in [2.75, 3.05) is 0 Å². The molecule has 2 nitrogen and oxygen atoms in total. The van der Waals surface area contributed by atoms with Crippen molar-refractivity contribution >= 4 is 38.0 Å². The molecule has 1 unspecified atom stereocenters. The van der Waals surface area contributed by atoms with Crippen molar-refractivity contribution in [3.8, 4) is 0 Å². The predicted octanol–water partition coefficient (Wildman–Crippen LogP) is 5.73. The summed E-state index contributed by atoms with van der Waals surface area (Å²) in [6.45, 7) is 4.48. The van der Waals surface area contributed by atoms with Crippen molar-refractivity contribution in [2.24, 2.45) is 0 Å². The molecule has 2 rings (SSSR count). The van der Waals surface area contributed by atoms with Crippen LogP contribution in [0, 0.1) is 0 Å². The third kappa shape index (κ3) is 3.37. The fourth-order valence-corrected chi connectivity index (χ4v) is 4.78. The molecule has 0 aliphatic carbocycles. The van der Waals surface area contributed by atoms with Gasteiger partial charge in [0.25, 0.3) is 0 Å². The molecule has 2 aromatic rings. The van der Waals surface area contributed by atoms with E-state index in [-0.39, 0.29) is 0 Å². The van der Waals surface area contributed by atoms with Crippen LogP contribution in [0.15, 0.2) is 11.4 Å². The smallest absolute Gasteiger partial charge is 0.345 e. The van der Waals surface area contributed by atoms with E-state index in [0.29, 0.717) is 10.8 Å². The lowest BCUT2D eigenvalue weighted by Gasteiger charge is -2.09. The lowest BCUT2D eigenvalue weighted by Crippen LogP contribution is -1.92. The largest absolute Gasteiger partial charge is 0.477 e. The maximum Gasteiger partial charge on any atom is 0.345 e. The second-order valence-corrected chi connectivity index (χ2v) is 7.01. The second-order valence-electron chi connectivity index (χ2n) is 5.05. The third-order valence-corrected chi connectivity index (χ3v) is 5.75. The Hall–Kier alpha value is -0.870. The van der Waals surface area contributed by atoms with E-state index in [1.807, 2.05) is 0 Å². The van der Waals surface area contributed by atoms with E-state index >= 15 is 0 Å². The van der Waals surface area contributed by atoms with Gasteiger partial charge in [0.15, 0.2) is 0 Å². The van der Waals surface area contributed by atoms with Gasteiger partial charge in [0.05, 0.1) is 0 Å². The fourth-order valence-electron chi connectivity index (χ4n) is 2.32. The van der Waals surface area contributed by atoms with Gasteiger partial charge < -0.3 is 5.11 Å². The standard InChI is InChI=1S/C15H20O2S2/c1-3-4-5-6-7-10(2)11-9-18-12-8-13(15(16)17)19-14(11)12/h8-10H,3-7H2,1-2H3,(H,16,17). The molecule has 0 bridgehead atoms. The third-order valence-electron chi connectivity index (χ3n) is 3.51. The normalized spacial score (nSPS) is 12.9. The number of hydrogen-bond donors (Lipinski definition) is 1. The lowest BCUT2D eigenvalue weighted by molar-refractivity contribution is 0.0702. The molecular formula is C15H20O2S2. The van der Waals surface area contributed by atoms with Crippen LogP contribution < -0.4 is 0 Å². The molecule has 0 fully saturated rings. The van der Waals surface area contributed by atoms with Gasteiger partial charge >= 0.3 is 5.97 Å². The van der Waals surface area contributed by atoms with Crippen molar-refractivity contribution in [3.05, 3.63) is 21.9 Å². The highest BCUT2D eigenvalue weighted by Crippen LogP contribution is 2.39. The Balaban J connectivity index is 2.08. The highest BCUT2D eigenvalue weighted by molar-refractivity contribution is 7.28. The van der Waals surface area contributed by atoms with Gasteiger partial charge in [-0.1, -0.05) is 39.5 Å². The molecule has 0 aromatic carbocycles. The maximum atomic E-state index is 11.0. The Morgan fingerprint density at radius 1 is 1.37 bits per heavy atom. The summed E-state index contributed by atoms with van der Waals surface area (Å²) in [6, 6.07) is 1.81. The van der Waals surface area contributed by atoms with Crippen molar-refractivity contribution in [3.63, 3.8) is 0 Å². The Morgan fingerprint density at radius 2 is 2.16 bits per heavy atom. The van der Waals surface area contributed by atoms with E-state index in [0.717, 1.165) is 4.70 Å². The summed E-state index contributed by atoms with van der Waals surface area (Å²) in [5.41, 5.74) is 1.34. The van der Waals surface area contributed by atoms with Gasteiger partial charge in [0.1, 0.15) is 4.88 Å². The van der Waals surface area contributed by atoms with Gasteiger partial charge in [-0.2, -0.15) is 0 Å². The van der Waals surface area contributed by atoms with Gasteiger partial charge in [0, 0.05) is 9.40 Å². The Bertz CT molecular complexity index is 553. The summed E-state index contributed by atoms with van der Waals surface area (Å²) < 4.78 is 2.31.